The summed E-state index contributed by atoms with van der Waals surface area (Å²) in [5.41, 5.74) is 2.28. The van der Waals surface area contributed by atoms with Gasteiger partial charge in [-0.3, -0.25) is 9.98 Å². The molecule has 6 heteroatoms. The maximum atomic E-state index is 4.43. The van der Waals surface area contributed by atoms with Crippen LogP contribution in [-0.4, -0.2) is 49.1 Å². The van der Waals surface area contributed by atoms with E-state index in [-0.39, 0.29) is 0 Å². The Morgan fingerprint density at radius 1 is 1.26 bits per heavy atom. The number of pyridine rings is 1. The van der Waals surface area contributed by atoms with Crippen LogP contribution in [0.5, 0.6) is 0 Å². The van der Waals surface area contributed by atoms with Crippen LogP contribution in [0.15, 0.2) is 40.8 Å². The van der Waals surface area contributed by atoms with Gasteiger partial charge in [0.05, 0.1) is 17.2 Å². The number of hydrogen-bond donors (Lipinski definition) is 1. The van der Waals surface area contributed by atoms with E-state index in [0.717, 1.165) is 37.8 Å². The number of thiophene rings is 1. The minimum atomic E-state index is 0.713. The first-order valence-corrected chi connectivity index (χ1v) is 8.80. The van der Waals surface area contributed by atoms with Crippen LogP contribution < -0.4 is 10.2 Å². The van der Waals surface area contributed by atoms with Crippen molar-refractivity contribution in [3.63, 3.8) is 0 Å². The van der Waals surface area contributed by atoms with Gasteiger partial charge in [0, 0.05) is 39.4 Å². The Morgan fingerprint density at radius 2 is 2.09 bits per heavy atom. The van der Waals surface area contributed by atoms with Gasteiger partial charge in [0.15, 0.2) is 5.96 Å². The standard InChI is InChI=1S/C17H23N5S/c1-14-5-3-7-19-15(14)13-20-17(18-2)22-10-8-21(9-11-22)16-6-4-12-23-16/h3-7,12H,8-11,13H2,1-2H3,(H,18,20). The van der Waals surface area contributed by atoms with Gasteiger partial charge < -0.3 is 15.1 Å². The van der Waals surface area contributed by atoms with Crippen LogP contribution in [-0.2, 0) is 6.54 Å². The molecule has 5 nitrogen and oxygen atoms in total. The van der Waals surface area contributed by atoms with E-state index in [9.17, 15) is 0 Å². The zero-order chi connectivity index (χ0) is 16.1. The van der Waals surface area contributed by atoms with Gasteiger partial charge >= 0.3 is 0 Å². The van der Waals surface area contributed by atoms with Crippen molar-refractivity contribution in [2.45, 2.75) is 13.5 Å². The third-order valence-corrected chi connectivity index (χ3v) is 5.07. The quantitative estimate of drug-likeness (QED) is 0.693. The number of aromatic nitrogens is 1. The first-order valence-electron chi connectivity index (χ1n) is 7.92. The highest BCUT2D eigenvalue weighted by atomic mass is 32.1. The molecule has 1 fully saturated rings. The second-order valence-electron chi connectivity index (χ2n) is 5.59. The predicted octanol–water partition coefficient (Wildman–Crippen LogP) is 2.35. The molecule has 0 unspecified atom stereocenters. The molecule has 0 aromatic carbocycles. The van der Waals surface area contributed by atoms with Gasteiger partial charge in [-0.25, -0.2) is 0 Å². The molecule has 1 saturated heterocycles. The predicted molar refractivity (Wildman–Crippen MR) is 97.3 cm³/mol. The smallest absolute Gasteiger partial charge is 0.194 e. The molecule has 2 aromatic heterocycles. The lowest BCUT2D eigenvalue weighted by Crippen LogP contribution is -2.52. The lowest BCUT2D eigenvalue weighted by molar-refractivity contribution is 0.373. The second-order valence-corrected chi connectivity index (χ2v) is 6.52. The molecule has 0 atom stereocenters. The van der Waals surface area contributed by atoms with Crippen LogP contribution in [0.3, 0.4) is 0 Å². The lowest BCUT2D eigenvalue weighted by Gasteiger charge is -2.37. The molecular weight excluding hydrogens is 306 g/mol. The maximum Gasteiger partial charge on any atom is 0.194 e. The van der Waals surface area contributed by atoms with Crippen molar-refractivity contribution in [1.29, 1.82) is 0 Å². The van der Waals surface area contributed by atoms with Gasteiger partial charge in [-0.2, -0.15) is 0 Å². The lowest BCUT2D eigenvalue weighted by atomic mass is 10.2. The fraction of sp³-hybridized carbons (Fsp3) is 0.412. The number of nitrogens with one attached hydrogen (secondary N) is 1. The van der Waals surface area contributed by atoms with Crippen molar-refractivity contribution >= 4 is 22.3 Å². The summed E-state index contributed by atoms with van der Waals surface area (Å²) < 4.78 is 0. The average molecular weight is 329 g/mol. The highest BCUT2D eigenvalue weighted by Gasteiger charge is 2.20. The number of aliphatic imine (C=N–C) groups is 1. The number of aryl methyl sites for hydroxylation is 1. The van der Waals surface area contributed by atoms with E-state index in [1.54, 1.807) is 0 Å². The summed E-state index contributed by atoms with van der Waals surface area (Å²) in [7, 11) is 1.85. The molecular formula is C17H23N5S. The van der Waals surface area contributed by atoms with Crippen LogP contribution in [0.4, 0.5) is 5.00 Å². The minimum absolute atomic E-state index is 0.713. The molecule has 2 aromatic rings. The maximum absolute atomic E-state index is 4.43. The molecule has 0 radical (unpaired) electrons. The third kappa shape index (κ3) is 3.82. The zero-order valence-electron chi connectivity index (χ0n) is 13.7. The Bertz CT molecular complexity index is 645. The molecule has 122 valence electrons. The Balaban J connectivity index is 1.55. The number of nitrogens with zero attached hydrogens (tertiary/aromatic N) is 4. The van der Waals surface area contributed by atoms with Crippen molar-refractivity contribution in [3.8, 4) is 0 Å². The first-order chi connectivity index (χ1) is 11.3. The highest BCUT2D eigenvalue weighted by molar-refractivity contribution is 7.14. The molecule has 0 saturated carbocycles. The summed E-state index contributed by atoms with van der Waals surface area (Å²) in [6, 6.07) is 8.36. The van der Waals surface area contributed by atoms with E-state index in [2.05, 4.69) is 55.6 Å². The van der Waals surface area contributed by atoms with Crippen LogP contribution in [0.1, 0.15) is 11.3 Å². The monoisotopic (exact) mass is 329 g/mol. The van der Waals surface area contributed by atoms with Crippen LogP contribution >= 0.6 is 11.3 Å². The zero-order valence-corrected chi connectivity index (χ0v) is 14.5. The first kappa shape index (κ1) is 15.8. The fourth-order valence-electron chi connectivity index (χ4n) is 2.79. The van der Waals surface area contributed by atoms with Gasteiger partial charge in [-0.1, -0.05) is 6.07 Å². The third-order valence-electron chi connectivity index (χ3n) is 4.14. The number of rotatable bonds is 3. The Labute approximate surface area is 141 Å². The van der Waals surface area contributed by atoms with Crippen LogP contribution in [0.25, 0.3) is 0 Å². The Hall–Kier alpha value is -2.08. The second kappa shape index (κ2) is 7.46. The molecule has 3 rings (SSSR count). The van der Waals surface area contributed by atoms with Crippen molar-refractivity contribution in [2.24, 2.45) is 4.99 Å². The number of guanidine groups is 1. The Morgan fingerprint density at radius 3 is 2.74 bits per heavy atom. The van der Waals surface area contributed by atoms with Crippen molar-refractivity contribution in [3.05, 3.63) is 47.1 Å². The SMILES string of the molecule is CN=C(NCc1ncccc1C)N1CCN(c2cccs2)CC1. The van der Waals surface area contributed by atoms with Gasteiger partial charge in [-0.15, -0.1) is 11.3 Å². The molecule has 1 N–H and O–H groups in total. The molecule has 1 aliphatic rings. The molecule has 0 aliphatic carbocycles. The normalized spacial score (nSPS) is 15.8. The molecule has 0 spiro atoms. The van der Waals surface area contributed by atoms with Crippen LogP contribution in [0, 0.1) is 6.92 Å². The van der Waals surface area contributed by atoms with E-state index >= 15 is 0 Å². The molecule has 3 heterocycles. The summed E-state index contributed by atoms with van der Waals surface area (Å²) in [6.07, 6.45) is 1.84. The van der Waals surface area contributed by atoms with Crippen molar-refractivity contribution < 1.29 is 0 Å². The number of piperazine rings is 1. The largest absolute Gasteiger partial charge is 0.360 e. The molecule has 23 heavy (non-hydrogen) atoms. The number of anilines is 1. The summed E-state index contributed by atoms with van der Waals surface area (Å²) in [4.78, 5) is 13.6. The van der Waals surface area contributed by atoms with Crippen molar-refractivity contribution in [2.75, 3.05) is 38.1 Å². The van der Waals surface area contributed by atoms with E-state index in [4.69, 9.17) is 0 Å². The summed E-state index contributed by atoms with van der Waals surface area (Å²) in [5.74, 6) is 0.959. The van der Waals surface area contributed by atoms with E-state index in [0.29, 0.717) is 6.54 Å². The van der Waals surface area contributed by atoms with Crippen molar-refractivity contribution in [1.82, 2.24) is 15.2 Å². The topological polar surface area (TPSA) is 43.8 Å². The Kier molecular flexibility index (Phi) is 5.12. The molecule has 1 aliphatic heterocycles. The summed E-state index contributed by atoms with van der Waals surface area (Å²) >= 11 is 1.81. The molecule has 0 amide bonds. The number of hydrogen-bond acceptors (Lipinski definition) is 4. The molecule has 0 bridgehead atoms. The van der Waals surface area contributed by atoms with Gasteiger partial charge in [-0.05, 0) is 36.1 Å². The van der Waals surface area contributed by atoms with Gasteiger partial charge in [0.25, 0.3) is 0 Å². The van der Waals surface area contributed by atoms with E-state index < -0.39 is 0 Å². The van der Waals surface area contributed by atoms with Crippen LogP contribution in [0.2, 0.25) is 0 Å². The van der Waals surface area contributed by atoms with Gasteiger partial charge in [0.2, 0.25) is 0 Å². The summed E-state index contributed by atoms with van der Waals surface area (Å²) in [6.45, 7) is 6.84. The highest BCUT2D eigenvalue weighted by Crippen LogP contribution is 2.22. The fourth-order valence-corrected chi connectivity index (χ4v) is 3.57. The average Bonchev–Trinajstić information content (AvgIpc) is 3.12. The van der Waals surface area contributed by atoms with Gasteiger partial charge in [0.1, 0.15) is 0 Å². The van der Waals surface area contributed by atoms with E-state index in [1.165, 1.54) is 10.6 Å². The van der Waals surface area contributed by atoms with E-state index in [1.807, 2.05) is 30.6 Å². The summed E-state index contributed by atoms with van der Waals surface area (Å²) in [5, 5.41) is 6.94. The minimum Gasteiger partial charge on any atom is -0.360 e.